The van der Waals surface area contributed by atoms with E-state index < -0.39 is 0 Å². The Bertz CT molecular complexity index is 178. The molecule has 1 aliphatic heterocycles. The average molecular weight is 202 g/mol. The van der Waals surface area contributed by atoms with E-state index in [0.29, 0.717) is 6.04 Å². The summed E-state index contributed by atoms with van der Waals surface area (Å²) in [5, 5.41) is 2.98. The minimum atomic E-state index is -0.356. The molecule has 1 heterocycles. The summed E-state index contributed by atoms with van der Waals surface area (Å²) in [5.41, 5.74) is 5.72. The number of nitrogens with two attached hydrogens (primary N) is 1. The number of hydrogen-bond donors (Lipinski definition) is 2. The maximum atomic E-state index is 11.5. The van der Waals surface area contributed by atoms with Crippen molar-refractivity contribution in [2.24, 2.45) is 11.7 Å². The van der Waals surface area contributed by atoms with Crippen molar-refractivity contribution >= 4 is 17.7 Å². The molecular formula is C9H18N2OS. The van der Waals surface area contributed by atoms with Crippen LogP contribution in [0.3, 0.4) is 0 Å². The van der Waals surface area contributed by atoms with Crippen LogP contribution in [-0.2, 0) is 4.79 Å². The molecule has 0 aliphatic carbocycles. The van der Waals surface area contributed by atoms with Crippen LogP contribution in [0.4, 0.5) is 0 Å². The zero-order chi connectivity index (χ0) is 9.84. The first kappa shape index (κ1) is 10.9. The van der Waals surface area contributed by atoms with Gasteiger partial charge in [0.2, 0.25) is 5.91 Å². The van der Waals surface area contributed by atoms with Gasteiger partial charge in [-0.05, 0) is 18.1 Å². The SMILES string of the molecule is CC(C)[C@@H](N)C(=O)NC1CCSC1. The summed E-state index contributed by atoms with van der Waals surface area (Å²) in [7, 11) is 0. The minimum absolute atomic E-state index is 0.00231. The van der Waals surface area contributed by atoms with E-state index in [2.05, 4.69) is 5.32 Å². The molecule has 0 spiro atoms. The van der Waals surface area contributed by atoms with Crippen molar-refractivity contribution in [1.29, 1.82) is 0 Å². The van der Waals surface area contributed by atoms with Crippen molar-refractivity contribution in [3.63, 3.8) is 0 Å². The molecule has 1 aliphatic rings. The van der Waals surface area contributed by atoms with E-state index in [-0.39, 0.29) is 17.9 Å². The topological polar surface area (TPSA) is 55.1 Å². The Morgan fingerprint density at radius 1 is 1.62 bits per heavy atom. The molecule has 1 rings (SSSR count). The summed E-state index contributed by atoms with van der Waals surface area (Å²) in [5.74, 6) is 2.41. The number of hydrogen-bond acceptors (Lipinski definition) is 3. The fraction of sp³-hybridized carbons (Fsp3) is 0.889. The summed E-state index contributed by atoms with van der Waals surface area (Å²) in [6.07, 6.45) is 1.08. The summed E-state index contributed by atoms with van der Waals surface area (Å²) in [4.78, 5) is 11.5. The molecule has 0 aromatic rings. The van der Waals surface area contributed by atoms with Gasteiger partial charge in [-0.1, -0.05) is 13.8 Å². The lowest BCUT2D eigenvalue weighted by Gasteiger charge is -2.18. The number of rotatable bonds is 3. The van der Waals surface area contributed by atoms with E-state index in [9.17, 15) is 4.79 Å². The zero-order valence-electron chi connectivity index (χ0n) is 8.25. The van der Waals surface area contributed by atoms with Gasteiger partial charge in [0.15, 0.2) is 0 Å². The molecular weight excluding hydrogens is 184 g/mol. The molecule has 1 unspecified atom stereocenters. The zero-order valence-corrected chi connectivity index (χ0v) is 9.06. The van der Waals surface area contributed by atoms with Gasteiger partial charge < -0.3 is 11.1 Å². The Morgan fingerprint density at radius 2 is 2.31 bits per heavy atom. The quantitative estimate of drug-likeness (QED) is 0.704. The standard InChI is InChI=1S/C9H18N2OS/c1-6(2)8(10)9(12)11-7-3-4-13-5-7/h6-8H,3-5,10H2,1-2H3,(H,11,12)/t7?,8-/m1/s1. The molecule has 3 nitrogen and oxygen atoms in total. The molecule has 0 radical (unpaired) electrons. The van der Waals surface area contributed by atoms with Crippen molar-refractivity contribution in [2.45, 2.75) is 32.4 Å². The molecule has 76 valence electrons. The predicted octanol–water partition coefficient (Wildman–Crippen LogP) is 0.591. The molecule has 0 aromatic heterocycles. The second kappa shape index (κ2) is 4.86. The molecule has 0 aromatic carbocycles. The van der Waals surface area contributed by atoms with Gasteiger partial charge in [-0.3, -0.25) is 4.79 Å². The van der Waals surface area contributed by atoms with Crippen molar-refractivity contribution < 1.29 is 4.79 Å². The van der Waals surface area contributed by atoms with Gasteiger partial charge in [0, 0.05) is 11.8 Å². The number of carbonyl (C=O) groups is 1. The number of thioether (sulfide) groups is 1. The molecule has 0 saturated carbocycles. The first-order chi connectivity index (χ1) is 6.11. The third-order valence-corrected chi connectivity index (χ3v) is 3.46. The number of carbonyl (C=O) groups excluding carboxylic acids is 1. The molecule has 3 N–H and O–H groups in total. The van der Waals surface area contributed by atoms with E-state index in [0.717, 1.165) is 17.9 Å². The van der Waals surface area contributed by atoms with E-state index in [1.165, 1.54) is 0 Å². The lowest BCUT2D eigenvalue weighted by Crippen LogP contribution is -2.47. The largest absolute Gasteiger partial charge is 0.351 e. The van der Waals surface area contributed by atoms with Gasteiger partial charge in [-0.25, -0.2) is 0 Å². The van der Waals surface area contributed by atoms with Crippen LogP contribution < -0.4 is 11.1 Å². The third kappa shape index (κ3) is 3.19. The normalized spacial score (nSPS) is 24.8. The summed E-state index contributed by atoms with van der Waals surface area (Å²) in [6, 6.07) is -0.00657. The summed E-state index contributed by atoms with van der Waals surface area (Å²) < 4.78 is 0. The highest BCUT2D eigenvalue weighted by atomic mass is 32.2. The van der Waals surface area contributed by atoms with Crippen LogP contribution >= 0.6 is 11.8 Å². The molecule has 4 heteroatoms. The lowest BCUT2D eigenvalue weighted by molar-refractivity contribution is -0.123. The highest BCUT2D eigenvalue weighted by Gasteiger charge is 2.22. The van der Waals surface area contributed by atoms with Crippen LogP contribution in [0.1, 0.15) is 20.3 Å². The Morgan fingerprint density at radius 3 is 2.77 bits per heavy atom. The van der Waals surface area contributed by atoms with Crippen LogP contribution in [0.2, 0.25) is 0 Å². The smallest absolute Gasteiger partial charge is 0.237 e. The molecule has 0 bridgehead atoms. The molecule has 13 heavy (non-hydrogen) atoms. The Hall–Kier alpha value is -0.220. The van der Waals surface area contributed by atoms with Gasteiger partial charge in [-0.2, -0.15) is 11.8 Å². The second-order valence-electron chi connectivity index (χ2n) is 3.84. The predicted molar refractivity (Wildman–Crippen MR) is 56.7 cm³/mol. The van der Waals surface area contributed by atoms with Crippen molar-refractivity contribution in [3.05, 3.63) is 0 Å². The summed E-state index contributed by atoms with van der Waals surface area (Å²) in [6.45, 7) is 3.93. The first-order valence-corrected chi connectivity index (χ1v) is 5.90. The Kier molecular flexibility index (Phi) is 4.06. The van der Waals surface area contributed by atoms with Gasteiger partial charge in [-0.15, -0.1) is 0 Å². The minimum Gasteiger partial charge on any atom is -0.351 e. The second-order valence-corrected chi connectivity index (χ2v) is 4.99. The lowest BCUT2D eigenvalue weighted by atomic mass is 10.0. The Balaban J connectivity index is 2.31. The van der Waals surface area contributed by atoms with Crippen LogP contribution in [0, 0.1) is 5.92 Å². The highest BCUT2D eigenvalue weighted by molar-refractivity contribution is 7.99. The number of amides is 1. The van der Waals surface area contributed by atoms with Crippen molar-refractivity contribution in [3.8, 4) is 0 Å². The summed E-state index contributed by atoms with van der Waals surface area (Å²) >= 11 is 1.89. The number of nitrogens with one attached hydrogen (secondary N) is 1. The molecule has 1 amide bonds. The van der Waals surface area contributed by atoms with Crippen molar-refractivity contribution in [1.82, 2.24) is 5.32 Å². The third-order valence-electron chi connectivity index (χ3n) is 2.30. The van der Waals surface area contributed by atoms with Gasteiger partial charge in [0.1, 0.15) is 0 Å². The van der Waals surface area contributed by atoms with Crippen LogP contribution in [0.25, 0.3) is 0 Å². The van der Waals surface area contributed by atoms with Crippen LogP contribution in [-0.4, -0.2) is 29.5 Å². The monoisotopic (exact) mass is 202 g/mol. The van der Waals surface area contributed by atoms with E-state index in [4.69, 9.17) is 5.73 Å². The van der Waals surface area contributed by atoms with Crippen molar-refractivity contribution in [2.75, 3.05) is 11.5 Å². The molecule has 1 saturated heterocycles. The maximum Gasteiger partial charge on any atom is 0.237 e. The average Bonchev–Trinajstić information content (AvgIpc) is 2.55. The van der Waals surface area contributed by atoms with Gasteiger partial charge in [0.25, 0.3) is 0 Å². The van der Waals surface area contributed by atoms with Crippen LogP contribution in [0.15, 0.2) is 0 Å². The fourth-order valence-corrected chi connectivity index (χ4v) is 2.40. The molecule has 2 atom stereocenters. The maximum absolute atomic E-state index is 11.5. The van der Waals surface area contributed by atoms with Gasteiger partial charge >= 0.3 is 0 Å². The van der Waals surface area contributed by atoms with E-state index in [1.807, 2.05) is 25.6 Å². The van der Waals surface area contributed by atoms with E-state index >= 15 is 0 Å². The first-order valence-electron chi connectivity index (χ1n) is 4.75. The highest BCUT2D eigenvalue weighted by Crippen LogP contribution is 2.17. The fourth-order valence-electron chi connectivity index (χ4n) is 1.25. The molecule has 1 fully saturated rings. The van der Waals surface area contributed by atoms with Crippen LogP contribution in [0.5, 0.6) is 0 Å². The Labute approximate surface area is 83.8 Å². The van der Waals surface area contributed by atoms with Gasteiger partial charge in [0.05, 0.1) is 6.04 Å². The van der Waals surface area contributed by atoms with E-state index in [1.54, 1.807) is 0 Å².